The first kappa shape index (κ1) is 14.4. The van der Waals surface area contributed by atoms with Crippen molar-refractivity contribution in [2.24, 2.45) is 5.92 Å². The van der Waals surface area contributed by atoms with Crippen molar-refractivity contribution in [1.82, 2.24) is 10.1 Å². The average Bonchev–Trinajstić information content (AvgIpc) is 3.31. The Bertz CT molecular complexity index is 912. The van der Waals surface area contributed by atoms with Crippen LogP contribution in [0.1, 0.15) is 17.9 Å². The number of carbonyl (C=O) groups is 1. The van der Waals surface area contributed by atoms with Crippen LogP contribution in [0.2, 0.25) is 0 Å². The summed E-state index contributed by atoms with van der Waals surface area (Å²) < 4.78 is 4.48. The summed E-state index contributed by atoms with van der Waals surface area (Å²) in [6.45, 7) is 0. The van der Waals surface area contributed by atoms with Gasteiger partial charge in [0.05, 0.1) is 0 Å². The molecule has 0 spiro atoms. The summed E-state index contributed by atoms with van der Waals surface area (Å²) in [7, 11) is 0. The fourth-order valence-corrected chi connectivity index (χ4v) is 2.85. The van der Waals surface area contributed by atoms with Gasteiger partial charge >= 0.3 is 5.76 Å². The Morgan fingerprint density at radius 2 is 1.88 bits per heavy atom. The highest BCUT2D eigenvalue weighted by Crippen LogP contribution is 2.47. The van der Waals surface area contributed by atoms with Gasteiger partial charge in [0.15, 0.2) is 5.82 Å². The van der Waals surface area contributed by atoms with Gasteiger partial charge in [-0.05, 0) is 42.2 Å². The van der Waals surface area contributed by atoms with E-state index in [1.165, 1.54) is 5.56 Å². The van der Waals surface area contributed by atoms with E-state index in [1.54, 1.807) is 24.3 Å². The molecule has 24 heavy (non-hydrogen) atoms. The molecule has 2 aromatic carbocycles. The lowest BCUT2D eigenvalue weighted by atomic mass is 10.1. The molecule has 0 radical (unpaired) electrons. The lowest BCUT2D eigenvalue weighted by molar-refractivity contribution is -0.117. The largest absolute Gasteiger partial charge is 0.439 e. The van der Waals surface area contributed by atoms with Gasteiger partial charge in [0, 0.05) is 17.2 Å². The molecule has 0 bridgehead atoms. The molecule has 0 unspecified atom stereocenters. The van der Waals surface area contributed by atoms with Gasteiger partial charge in [-0.3, -0.25) is 14.3 Å². The molecule has 6 nitrogen and oxygen atoms in total. The quantitative estimate of drug-likeness (QED) is 0.773. The normalized spacial score (nSPS) is 19.0. The van der Waals surface area contributed by atoms with E-state index in [-0.39, 0.29) is 11.8 Å². The third-order valence-electron chi connectivity index (χ3n) is 4.22. The van der Waals surface area contributed by atoms with Crippen molar-refractivity contribution >= 4 is 11.6 Å². The molecule has 1 aliphatic carbocycles. The molecule has 120 valence electrons. The van der Waals surface area contributed by atoms with Crippen LogP contribution < -0.4 is 11.1 Å². The minimum absolute atomic E-state index is 0.0268. The lowest BCUT2D eigenvalue weighted by Crippen LogP contribution is -2.14. The fourth-order valence-electron chi connectivity index (χ4n) is 2.85. The van der Waals surface area contributed by atoms with Crippen molar-refractivity contribution < 1.29 is 9.32 Å². The highest BCUT2D eigenvalue weighted by atomic mass is 16.5. The Labute approximate surface area is 137 Å². The zero-order chi connectivity index (χ0) is 16.5. The molecule has 0 saturated heterocycles. The Balaban J connectivity index is 1.41. The summed E-state index contributed by atoms with van der Waals surface area (Å²) in [4.78, 5) is 25.8. The zero-order valence-corrected chi connectivity index (χ0v) is 12.7. The van der Waals surface area contributed by atoms with E-state index in [0.717, 1.165) is 6.42 Å². The van der Waals surface area contributed by atoms with Gasteiger partial charge in [-0.25, -0.2) is 4.79 Å². The first-order valence-electron chi connectivity index (χ1n) is 7.73. The van der Waals surface area contributed by atoms with Crippen molar-refractivity contribution in [2.75, 3.05) is 5.32 Å². The fraction of sp³-hybridized carbons (Fsp3) is 0.167. The molecular formula is C18H15N3O3. The maximum atomic E-state index is 12.3. The second-order valence-electron chi connectivity index (χ2n) is 5.87. The predicted octanol–water partition coefficient (Wildman–Crippen LogP) is 2.77. The second-order valence-corrected chi connectivity index (χ2v) is 5.87. The van der Waals surface area contributed by atoms with Gasteiger partial charge in [0.25, 0.3) is 0 Å². The third-order valence-corrected chi connectivity index (χ3v) is 4.22. The van der Waals surface area contributed by atoms with Crippen LogP contribution in [0.25, 0.3) is 11.4 Å². The van der Waals surface area contributed by atoms with Crippen LogP contribution in [0.5, 0.6) is 0 Å². The van der Waals surface area contributed by atoms with Crippen LogP contribution in [0.15, 0.2) is 63.9 Å². The van der Waals surface area contributed by atoms with Gasteiger partial charge in [-0.15, -0.1) is 0 Å². The average molecular weight is 321 g/mol. The number of hydrogen-bond donors (Lipinski definition) is 2. The smallest absolute Gasteiger partial charge is 0.326 e. The molecule has 2 N–H and O–H groups in total. The second kappa shape index (κ2) is 5.81. The molecule has 1 heterocycles. The van der Waals surface area contributed by atoms with Crippen molar-refractivity contribution in [1.29, 1.82) is 0 Å². The molecule has 4 rings (SSSR count). The zero-order valence-electron chi connectivity index (χ0n) is 12.7. The van der Waals surface area contributed by atoms with E-state index >= 15 is 0 Å². The van der Waals surface area contributed by atoms with E-state index in [4.69, 9.17) is 0 Å². The van der Waals surface area contributed by atoms with Gasteiger partial charge in [0.2, 0.25) is 5.91 Å². The maximum absolute atomic E-state index is 12.3. The van der Waals surface area contributed by atoms with Gasteiger partial charge in [-0.1, -0.05) is 35.5 Å². The lowest BCUT2D eigenvalue weighted by Gasteiger charge is -2.05. The number of H-pyrrole nitrogens is 1. The molecule has 1 amide bonds. The Morgan fingerprint density at radius 3 is 2.54 bits per heavy atom. The van der Waals surface area contributed by atoms with E-state index in [0.29, 0.717) is 23.0 Å². The van der Waals surface area contributed by atoms with E-state index in [9.17, 15) is 9.59 Å². The third kappa shape index (κ3) is 2.86. The number of rotatable bonds is 4. The van der Waals surface area contributed by atoms with E-state index < -0.39 is 5.76 Å². The highest BCUT2D eigenvalue weighted by molar-refractivity contribution is 5.95. The van der Waals surface area contributed by atoms with Crippen molar-refractivity contribution in [3.63, 3.8) is 0 Å². The van der Waals surface area contributed by atoms with Gasteiger partial charge in [0.1, 0.15) is 0 Å². The first-order valence-corrected chi connectivity index (χ1v) is 7.73. The summed E-state index contributed by atoms with van der Waals surface area (Å²) in [6, 6.07) is 17.2. The molecule has 0 aliphatic heterocycles. The number of nitrogens with one attached hydrogen (secondary N) is 2. The van der Waals surface area contributed by atoms with Crippen LogP contribution >= 0.6 is 0 Å². The predicted molar refractivity (Wildman–Crippen MR) is 88.5 cm³/mol. The number of aromatic amines is 1. The SMILES string of the molecule is O=C(Nc1ccc(-c2noc(=O)[nH]2)cc1)[C@H]1C[C@@H]1c1ccccc1. The molecule has 3 aromatic rings. The minimum Gasteiger partial charge on any atom is -0.326 e. The number of amides is 1. The standard InChI is InChI=1S/C18H15N3O3/c22-17(15-10-14(15)11-4-2-1-3-5-11)19-13-8-6-12(7-9-13)16-20-18(23)24-21-16/h1-9,14-15H,10H2,(H,19,22)(H,20,21,23)/t14-,15+/m1/s1. The molecule has 6 heteroatoms. The summed E-state index contributed by atoms with van der Waals surface area (Å²) in [6.07, 6.45) is 0.883. The van der Waals surface area contributed by atoms with E-state index in [2.05, 4.69) is 32.1 Å². The number of aromatic nitrogens is 2. The number of benzene rings is 2. The number of anilines is 1. The number of nitrogens with zero attached hydrogens (tertiary/aromatic N) is 1. The Hall–Kier alpha value is -3.15. The van der Waals surface area contributed by atoms with E-state index in [1.807, 2.05) is 18.2 Å². The number of carbonyl (C=O) groups excluding carboxylic acids is 1. The van der Waals surface area contributed by atoms with Crippen LogP contribution in [-0.2, 0) is 4.79 Å². The summed E-state index contributed by atoms with van der Waals surface area (Å²) in [5, 5.41) is 6.56. The molecule has 2 atom stereocenters. The molecule has 1 fully saturated rings. The topological polar surface area (TPSA) is 88.0 Å². The van der Waals surface area contributed by atoms with Crippen LogP contribution in [0.3, 0.4) is 0 Å². The summed E-state index contributed by atoms with van der Waals surface area (Å²) >= 11 is 0. The van der Waals surface area contributed by atoms with Crippen LogP contribution in [-0.4, -0.2) is 16.0 Å². The highest BCUT2D eigenvalue weighted by Gasteiger charge is 2.43. The molecular weight excluding hydrogens is 306 g/mol. The monoisotopic (exact) mass is 321 g/mol. The number of hydrogen-bond acceptors (Lipinski definition) is 4. The first-order chi connectivity index (χ1) is 11.7. The van der Waals surface area contributed by atoms with Gasteiger partial charge < -0.3 is 5.32 Å². The van der Waals surface area contributed by atoms with Crippen molar-refractivity contribution in [2.45, 2.75) is 12.3 Å². The van der Waals surface area contributed by atoms with Crippen molar-refractivity contribution in [3.05, 3.63) is 70.7 Å². The summed E-state index contributed by atoms with van der Waals surface area (Å²) in [5.41, 5.74) is 2.64. The molecule has 1 aliphatic rings. The van der Waals surface area contributed by atoms with Gasteiger partial charge in [-0.2, -0.15) is 0 Å². The van der Waals surface area contributed by atoms with Crippen molar-refractivity contribution in [3.8, 4) is 11.4 Å². The molecule has 1 aromatic heterocycles. The molecule has 1 saturated carbocycles. The summed E-state index contributed by atoms with van der Waals surface area (Å²) in [5.74, 6) is 0.142. The minimum atomic E-state index is -0.594. The van der Waals surface area contributed by atoms with Crippen LogP contribution in [0, 0.1) is 5.92 Å². The maximum Gasteiger partial charge on any atom is 0.439 e. The van der Waals surface area contributed by atoms with Crippen LogP contribution in [0.4, 0.5) is 5.69 Å². The Kier molecular flexibility index (Phi) is 3.49. The Morgan fingerprint density at radius 1 is 1.12 bits per heavy atom.